The van der Waals surface area contributed by atoms with E-state index in [0.717, 1.165) is 12.1 Å². The molecule has 1 aromatic carbocycles. The van der Waals surface area contributed by atoms with Gasteiger partial charge in [-0.3, -0.25) is 14.7 Å². The minimum absolute atomic E-state index is 0.0582. The Morgan fingerprint density at radius 2 is 2.05 bits per heavy atom. The second-order valence-electron chi connectivity index (χ2n) is 4.77. The second-order valence-corrected chi connectivity index (χ2v) is 4.77. The van der Waals surface area contributed by atoms with Crippen LogP contribution in [0.5, 0.6) is 0 Å². The molecule has 6 heteroatoms. The standard InChI is InChI=1S/C15H15F2N3O/c1-20(2)14(10-4-3-7-18-9-10)15(21)19-13-6-5-11(16)8-12(13)17/h3-9,14H,1-2H3,(H,19,21). The lowest BCUT2D eigenvalue weighted by Crippen LogP contribution is -2.32. The molecule has 4 nitrogen and oxygen atoms in total. The molecule has 0 radical (unpaired) electrons. The number of aromatic nitrogens is 1. The predicted octanol–water partition coefficient (Wildman–Crippen LogP) is 2.60. The molecule has 1 heterocycles. The molecule has 0 aliphatic carbocycles. The lowest BCUT2D eigenvalue weighted by Gasteiger charge is -2.23. The first-order valence-electron chi connectivity index (χ1n) is 6.31. The van der Waals surface area contributed by atoms with Gasteiger partial charge in [0.25, 0.3) is 0 Å². The fraction of sp³-hybridized carbons (Fsp3) is 0.200. The van der Waals surface area contributed by atoms with E-state index in [4.69, 9.17) is 0 Å². The summed E-state index contributed by atoms with van der Waals surface area (Å²) in [5, 5.41) is 2.47. The normalized spacial score (nSPS) is 12.2. The Hall–Kier alpha value is -2.34. The summed E-state index contributed by atoms with van der Waals surface area (Å²) in [5.41, 5.74) is 0.625. The van der Waals surface area contributed by atoms with E-state index in [1.807, 2.05) is 0 Å². The van der Waals surface area contributed by atoms with Crippen molar-refractivity contribution in [3.63, 3.8) is 0 Å². The van der Waals surface area contributed by atoms with Crippen molar-refractivity contribution in [1.29, 1.82) is 0 Å². The Balaban J connectivity index is 2.24. The summed E-state index contributed by atoms with van der Waals surface area (Å²) in [6.07, 6.45) is 3.18. The van der Waals surface area contributed by atoms with Crippen LogP contribution < -0.4 is 5.32 Å². The van der Waals surface area contributed by atoms with Gasteiger partial charge in [-0.2, -0.15) is 0 Å². The number of likely N-dealkylation sites (N-methyl/N-ethyl adjacent to an activating group) is 1. The molecule has 2 rings (SSSR count). The van der Waals surface area contributed by atoms with Gasteiger partial charge in [0.1, 0.15) is 17.7 Å². The third kappa shape index (κ3) is 3.61. The molecule has 1 N–H and O–H groups in total. The van der Waals surface area contributed by atoms with Gasteiger partial charge in [0.05, 0.1) is 5.69 Å². The van der Waals surface area contributed by atoms with Crippen molar-refractivity contribution in [2.45, 2.75) is 6.04 Å². The van der Waals surface area contributed by atoms with E-state index in [0.29, 0.717) is 5.56 Å². The Labute approximate surface area is 121 Å². The fourth-order valence-electron chi connectivity index (χ4n) is 2.01. The number of rotatable bonds is 4. The van der Waals surface area contributed by atoms with E-state index in [9.17, 15) is 13.6 Å². The molecule has 0 bridgehead atoms. The van der Waals surface area contributed by atoms with Gasteiger partial charge in [0.15, 0.2) is 0 Å². The number of nitrogens with one attached hydrogen (secondary N) is 1. The predicted molar refractivity (Wildman–Crippen MR) is 75.7 cm³/mol. The van der Waals surface area contributed by atoms with Crippen molar-refractivity contribution in [3.8, 4) is 0 Å². The van der Waals surface area contributed by atoms with Crippen LogP contribution in [0, 0.1) is 11.6 Å². The topological polar surface area (TPSA) is 45.2 Å². The molecule has 0 saturated carbocycles. The highest BCUT2D eigenvalue weighted by Gasteiger charge is 2.24. The second kappa shape index (κ2) is 6.41. The van der Waals surface area contributed by atoms with Crippen LogP contribution in [0.1, 0.15) is 11.6 Å². The number of benzene rings is 1. The van der Waals surface area contributed by atoms with Crippen molar-refractivity contribution in [3.05, 3.63) is 59.9 Å². The number of hydrogen-bond acceptors (Lipinski definition) is 3. The van der Waals surface area contributed by atoms with Crippen LogP contribution in [0.15, 0.2) is 42.7 Å². The Bertz CT molecular complexity index is 632. The average Bonchev–Trinajstić information content (AvgIpc) is 2.43. The van der Waals surface area contributed by atoms with Crippen LogP contribution in [0.2, 0.25) is 0 Å². The molecular weight excluding hydrogens is 276 g/mol. The minimum atomic E-state index is -0.813. The summed E-state index contributed by atoms with van der Waals surface area (Å²) in [7, 11) is 3.47. The molecular formula is C15H15F2N3O. The minimum Gasteiger partial charge on any atom is -0.322 e. The number of hydrogen-bond donors (Lipinski definition) is 1. The van der Waals surface area contributed by atoms with Crippen LogP contribution in [0.3, 0.4) is 0 Å². The molecule has 0 fully saturated rings. The molecule has 1 unspecified atom stereocenters. The Morgan fingerprint density at radius 3 is 2.62 bits per heavy atom. The zero-order valence-electron chi connectivity index (χ0n) is 11.7. The van der Waals surface area contributed by atoms with E-state index in [-0.39, 0.29) is 5.69 Å². The van der Waals surface area contributed by atoms with E-state index < -0.39 is 23.6 Å². The maximum Gasteiger partial charge on any atom is 0.246 e. The van der Waals surface area contributed by atoms with Crippen LogP contribution in [0.25, 0.3) is 0 Å². The van der Waals surface area contributed by atoms with Crippen LogP contribution in [0.4, 0.5) is 14.5 Å². The summed E-state index contributed by atoms with van der Waals surface area (Å²) in [6.45, 7) is 0. The summed E-state index contributed by atoms with van der Waals surface area (Å²) in [6, 6.07) is 5.87. The third-order valence-corrected chi connectivity index (χ3v) is 2.95. The average molecular weight is 291 g/mol. The van der Waals surface area contributed by atoms with Crippen molar-refractivity contribution >= 4 is 11.6 Å². The fourth-order valence-corrected chi connectivity index (χ4v) is 2.01. The maximum atomic E-state index is 13.6. The molecule has 1 aromatic heterocycles. The van der Waals surface area contributed by atoms with E-state index in [2.05, 4.69) is 10.3 Å². The monoisotopic (exact) mass is 291 g/mol. The summed E-state index contributed by atoms with van der Waals surface area (Å²) < 4.78 is 26.5. The molecule has 0 saturated heterocycles. The van der Waals surface area contributed by atoms with Crippen molar-refractivity contribution in [2.24, 2.45) is 0 Å². The SMILES string of the molecule is CN(C)C(C(=O)Nc1ccc(F)cc1F)c1cccnc1. The van der Waals surface area contributed by atoms with Gasteiger partial charge in [0, 0.05) is 18.5 Å². The molecule has 110 valence electrons. The summed E-state index contributed by atoms with van der Waals surface area (Å²) in [5.74, 6) is -1.92. The van der Waals surface area contributed by atoms with Gasteiger partial charge < -0.3 is 5.32 Å². The van der Waals surface area contributed by atoms with Crippen LogP contribution in [-0.4, -0.2) is 29.9 Å². The summed E-state index contributed by atoms with van der Waals surface area (Å²) >= 11 is 0. The zero-order valence-corrected chi connectivity index (χ0v) is 11.7. The van der Waals surface area contributed by atoms with Gasteiger partial charge in [-0.05, 0) is 37.9 Å². The molecule has 0 aliphatic heterocycles. The highest BCUT2D eigenvalue weighted by molar-refractivity contribution is 5.95. The van der Waals surface area contributed by atoms with Crippen molar-refractivity contribution in [1.82, 2.24) is 9.88 Å². The smallest absolute Gasteiger partial charge is 0.246 e. The molecule has 1 atom stereocenters. The van der Waals surface area contributed by atoms with Crippen molar-refractivity contribution < 1.29 is 13.6 Å². The number of nitrogens with zero attached hydrogens (tertiary/aromatic N) is 2. The molecule has 2 aromatic rings. The first-order chi connectivity index (χ1) is 9.99. The van der Waals surface area contributed by atoms with E-state index in [1.165, 1.54) is 6.07 Å². The van der Waals surface area contributed by atoms with E-state index >= 15 is 0 Å². The first kappa shape index (κ1) is 15.1. The van der Waals surface area contributed by atoms with Crippen molar-refractivity contribution in [2.75, 3.05) is 19.4 Å². The number of pyridine rings is 1. The lowest BCUT2D eigenvalue weighted by atomic mass is 10.1. The van der Waals surface area contributed by atoms with Crippen LogP contribution in [-0.2, 0) is 4.79 Å². The Morgan fingerprint density at radius 1 is 1.29 bits per heavy atom. The third-order valence-electron chi connectivity index (χ3n) is 2.95. The van der Waals surface area contributed by atoms with Gasteiger partial charge in [-0.25, -0.2) is 8.78 Å². The number of carbonyl (C=O) groups is 1. The number of carbonyl (C=O) groups excluding carboxylic acids is 1. The first-order valence-corrected chi connectivity index (χ1v) is 6.31. The number of amides is 1. The largest absolute Gasteiger partial charge is 0.322 e. The van der Waals surface area contributed by atoms with Gasteiger partial charge >= 0.3 is 0 Å². The molecule has 0 aliphatic rings. The van der Waals surface area contributed by atoms with E-state index in [1.54, 1.807) is 43.5 Å². The number of halogens is 2. The molecule has 21 heavy (non-hydrogen) atoms. The quantitative estimate of drug-likeness (QED) is 0.941. The highest BCUT2D eigenvalue weighted by atomic mass is 19.1. The molecule has 0 spiro atoms. The number of anilines is 1. The van der Waals surface area contributed by atoms with Gasteiger partial charge in [-0.1, -0.05) is 6.07 Å². The highest BCUT2D eigenvalue weighted by Crippen LogP contribution is 2.21. The van der Waals surface area contributed by atoms with Crippen LogP contribution >= 0.6 is 0 Å². The summed E-state index contributed by atoms with van der Waals surface area (Å²) in [4.78, 5) is 18.0. The van der Waals surface area contributed by atoms with Gasteiger partial charge in [0.2, 0.25) is 5.91 Å². The lowest BCUT2D eigenvalue weighted by molar-refractivity contribution is -0.120. The zero-order chi connectivity index (χ0) is 15.4. The molecule has 1 amide bonds. The maximum absolute atomic E-state index is 13.6. The van der Waals surface area contributed by atoms with Gasteiger partial charge in [-0.15, -0.1) is 0 Å². The Kier molecular flexibility index (Phi) is 4.59.